The molecule has 0 saturated carbocycles. The van der Waals surface area contributed by atoms with Crippen molar-refractivity contribution in [3.05, 3.63) is 22.5 Å². The van der Waals surface area contributed by atoms with Gasteiger partial charge in [0.2, 0.25) is 0 Å². The molecule has 0 bridgehead atoms. The topological polar surface area (TPSA) is 65.2 Å². The van der Waals surface area contributed by atoms with Crippen LogP contribution in [0.2, 0.25) is 0 Å². The fraction of sp³-hybridized carbons (Fsp3) is 0.300. The highest BCUT2D eigenvalue weighted by atomic mass is 32.1. The second-order valence-corrected chi connectivity index (χ2v) is 4.42. The van der Waals surface area contributed by atoms with Crippen LogP contribution in [0.15, 0.2) is 10.6 Å². The minimum Gasteiger partial charge on any atom is -0.464 e. The summed E-state index contributed by atoms with van der Waals surface area (Å²) in [6, 6.07) is 1.56. The lowest BCUT2D eigenvalue weighted by Crippen LogP contribution is -2.00. The summed E-state index contributed by atoms with van der Waals surface area (Å²) in [7, 11) is 1.30. The number of methoxy groups -OCH3 is 1. The first-order chi connectivity index (χ1) is 7.61. The molecule has 0 spiro atoms. The SMILES string of the molecule is COC(=O)c1cc(-c2sc(C)nc2C)on1. The molecular weight excluding hydrogens is 228 g/mol. The minimum atomic E-state index is -0.506. The lowest BCUT2D eigenvalue weighted by molar-refractivity contribution is 0.0589. The summed E-state index contributed by atoms with van der Waals surface area (Å²) in [5.41, 5.74) is 1.04. The van der Waals surface area contributed by atoms with Crippen molar-refractivity contribution in [2.75, 3.05) is 7.11 Å². The van der Waals surface area contributed by atoms with E-state index in [0.29, 0.717) is 5.76 Å². The monoisotopic (exact) mass is 238 g/mol. The Morgan fingerprint density at radius 3 is 2.81 bits per heavy atom. The molecule has 2 aromatic rings. The molecule has 0 aliphatic carbocycles. The second-order valence-electron chi connectivity index (χ2n) is 3.22. The maximum absolute atomic E-state index is 11.2. The van der Waals surface area contributed by atoms with Crippen LogP contribution in [0.1, 0.15) is 21.2 Å². The van der Waals surface area contributed by atoms with Crippen molar-refractivity contribution in [2.45, 2.75) is 13.8 Å². The van der Waals surface area contributed by atoms with Crippen molar-refractivity contribution < 1.29 is 14.1 Å². The fourth-order valence-corrected chi connectivity index (χ4v) is 2.21. The third-order valence-electron chi connectivity index (χ3n) is 2.03. The second kappa shape index (κ2) is 4.05. The standard InChI is InChI=1S/C10H10N2O3S/c1-5-9(16-6(2)11-5)8-4-7(12-15-8)10(13)14-3/h4H,1-3H3. The number of nitrogens with zero attached hydrogens (tertiary/aromatic N) is 2. The Morgan fingerprint density at radius 1 is 1.50 bits per heavy atom. The Morgan fingerprint density at radius 2 is 2.25 bits per heavy atom. The predicted molar refractivity (Wildman–Crippen MR) is 58.4 cm³/mol. The number of esters is 1. The zero-order valence-electron chi connectivity index (χ0n) is 9.10. The zero-order valence-corrected chi connectivity index (χ0v) is 9.92. The summed E-state index contributed by atoms with van der Waals surface area (Å²) < 4.78 is 9.63. The van der Waals surface area contributed by atoms with E-state index in [1.165, 1.54) is 18.4 Å². The van der Waals surface area contributed by atoms with Gasteiger partial charge in [-0.1, -0.05) is 5.16 Å². The van der Waals surface area contributed by atoms with Crippen LogP contribution in [0.4, 0.5) is 0 Å². The Hall–Kier alpha value is -1.69. The molecule has 0 aromatic carbocycles. The van der Waals surface area contributed by atoms with Crippen LogP contribution in [-0.2, 0) is 4.74 Å². The molecule has 0 fully saturated rings. The third-order valence-corrected chi connectivity index (χ3v) is 3.12. The summed E-state index contributed by atoms with van der Waals surface area (Å²) in [6.07, 6.45) is 0. The Kier molecular flexibility index (Phi) is 2.74. The molecule has 5 nitrogen and oxygen atoms in total. The van der Waals surface area contributed by atoms with Crippen molar-refractivity contribution >= 4 is 17.3 Å². The van der Waals surface area contributed by atoms with Gasteiger partial charge in [-0.05, 0) is 13.8 Å². The van der Waals surface area contributed by atoms with Gasteiger partial charge in [-0.15, -0.1) is 11.3 Å². The van der Waals surface area contributed by atoms with Crippen molar-refractivity contribution in [3.63, 3.8) is 0 Å². The summed E-state index contributed by atoms with van der Waals surface area (Å²) >= 11 is 1.50. The fourth-order valence-electron chi connectivity index (χ4n) is 1.34. The van der Waals surface area contributed by atoms with Gasteiger partial charge in [0.05, 0.1) is 22.7 Å². The molecule has 0 aliphatic rings. The van der Waals surface area contributed by atoms with Crippen LogP contribution in [0.25, 0.3) is 10.6 Å². The molecule has 0 N–H and O–H groups in total. The highest BCUT2D eigenvalue weighted by molar-refractivity contribution is 7.15. The first-order valence-corrected chi connectivity index (χ1v) is 5.43. The minimum absolute atomic E-state index is 0.169. The molecule has 84 valence electrons. The number of carbonyl (C=O) groups is 1. The van der Waals surface area contributed by atoms with Crippen LogP contribution >= 0.6 is 11.3 Å². The number of hydrogen-bond donors (Lipinski definition) is 0. The highest BCUT2D eigenvalue weighted by Crippen LogP contribution is 2.30. The first-order valence-electron chi connectivity index (χ1n) is 4.61. The molecule has 6 heteroatoms. The molecular formula is C10H10N2O3S. The van der Waals surface area contributed by atoms with E-state index < -0.39 is 5.97 Å². The summed E-state index contributed by atoms with van der Waals surface area (Å²) in [5.74, 6) is 0.0393. The maximum atomic E-state index is 11.2. The average Bonchev–Trinajstić information content (AvgIpc) is 2.83. The molecule has 0 amide bonds. The predicted octanol–water partition coefficient (Wildman–Crippen LogP) is 2.20. The molecule has 2 heterocycles. The van der Waals surface area contributed by atoms with Crippen molar-refractivity contribution in [1.82, 2.24) is 10.1 Å². The van der Waals surface area contributed by atoms with E-state index in [1.54, 1.807) is 6.07 Å². The number of aryl methyl sites for hydroxylation is 2. The number of ether oxygens (including phenoxy) is 1. The molecule has 0 saturated heterocycles. The summed E-state index contributed by atoms with van der Waals surface area (Å²) in [6.45, 7) is 3.80. The maximum Gasteiger partial charge on any atom is 0.360 e. The third kappa shape index (κ3) is 1.83. The number of thiazole rings is 1. The lowest BCUT2D eigenvalue weighted by Gasteiger charge is -1.89. The first kappa shape index (κ1) is 10.8. The normalized spacial score (nSPS) is 10.4. The van der Waals surface area contributed by atoms with Crippen LogP contribution < -0.4 is 0 Å². The molecule has 0 atom stereocenters. The summed E-state index contributed by atoms with van der Waals surface area (Å²) in [4.78, 5) is 16.4. The molecule has 16 heavy (non-hydrogen) atoms. The van der Waals surface area contributed by atoms with Gasteiger partial charge in [0.15, 0.2) is 11.5 Å². The number of rotatable bonds is 2. The molecule has 2 aromatic heterocycles. The quantitative estimate of drug-likeness (QED) is 0.750. The van der Waals surface area contributed by atoms with Crippen molar-refractivity contribution in [2.24, 2.45) is 0 Å². The van der Waals surface area contributed by atoms with Crippen molar-refractivity contribution in [3.8, 4) is 10.6 Å². The van der Waals surface area contributed by atoms with E-state index in [2.05, 4.69) is 14.9 Å². The zero-order chi connectivity index (χ0) is 11.7. The van der Waals surface area contributed by atoms with E-state index in [0.717, 1.165) is 15.6 Å². The Balaban J connectivity index is 2.38. The van der Waals surface area contributed by atoms with Crippen LogP contribution in [0, 0.1) is 13.8 Å². The van der Waals surface area contributed by atoms with Gasteiger partial charge in [-0.25, -0.2) is 9.78 Å². The van der Waals surface area contributed by atoms with Gasteiger partial charge in [0.1, 0.15) is 0 Å². The highest BCUT2D eigenvalue weighted by Gasteiger charge is 2.17. The Bertz CT molecular complexity index is 530. The largest absolute Gasteiger partial charge is 0.464 e. The van der Waals surface area contributed by atoms with E-state index in [9.17, 15) is 4.79 Å². The molecule has 0 unspecified atom stereocenters. The van der Waals surface area contributed by atoms with Crippen LogP contribution in [-0.4, -0.2) is 23.2 Å². The number of carbonyl (C=O) groups excluding carboxylic acids is 1. The average molecular weight is 238 g/mol. The van der Waals surface area contributed by atoms with Gasteiger partial charge in [0, 0.05) is 6.07 Å². The lowest BCUT2D eigenvalue weighted by atomic mass is 10.3. The van der Waals surface area contributed by atoms with Gasteiger partial charge < -0.3 is 9.26 Å². The van der Waals surface area contributed by atoms with Crippen molar-refractivity contribution in [1.29, 1.82) is 0 Å². The van der Waals surface area contributed by atoms with E-state index >= 15 is 0 Å². The molecule has 0 aliphatic heterocycles. The van der Waals surface area contributed by atoms with E-state index in [4.69, 9.17) is 4.52 Å². The van der Waals surface area contributed by atoms with Crippen LogP contribution in [0.3, 0.4) is 0 Å². The van der Waals surface area contributed by atoms with Gasteiger partial charge >= 0.3 is 5.97 Å². The van der Waals surface area contributed by atoms with Crippen LogP contribution in [0.5, 0.6) is 0 Å². The number of aromatic nitrogens is 2. The molecule has 0 radical (unpaired) electrons. The number of hydrogen-bond acceptors (Lipinski definition) is 6. The van der Waals surface area contributed by atoms with E-state index in [-0.39, 0.29) is 5.69 Å². The van der Waals surface area contributed by atoms with Gasteiger partial charge in [0.25, 0.3) is 0 Å². The van der Waals surface area contributed by atoms with Gasteiger partial charge in [-0.2, -0.15) is 0 Å². The Labute approximate surface area is 96.0 Å². The smallest absolute Gasteiger partial charge is 0.360 e. The summed E-state index contributed by atoms with van der Waals surface area (Å²) in [5, 5.41) is 4.59. The van der Waals surface area contributed by atoms with E-state index in [1.807, 2.05) is 13.8 Å². The van der Waals surface area contributed by atoms with Gasteiger partial charge in [-0.3, -0.25) is 0 Å². The molecule has 2 rings (SSSR count).